The molecule has 50 valence electrons. The summed E-state index contributed by atoms with van der Waals surface area (Å²) in [4.78, 5) is 4.34. The Kier molecular flexibility index (Phi) is 1.86. The highest BCUT2D eigenvalue weighted by Gasteiger charge is 1.96. The molecule has 0 aromatic heterocycles. The zero-order valence-corrected chi connectivity index (χ0v) is 5.04. The number of benzene rings is 1. The zero-order valence-electron chi connectivity index (χ0n) is 5.04. The Bertz CT molecular complexity index is 267. The van der Waals surface area contributed by atoms with Crippen LogP contribution in [0.5, 0.6) is 5.75 Å². The van der Waals surface area contributed by atoms with Gasteiger partial charge in [0.05, 0.1) is 0 Å². The van der Waals surface area contributed by atoms with Crippen molar-refractivity contribution >= 4 is 0 Å². The van der Waals surface area contributed by atoms with E-state index in [1.165, 1.54) is 18.2 Å². The summed E-state index contributed by atoms with van der Waals surface area (Å²) >= 11 is 0. The Balaban J connectivity index is 2.87. The van der Waals surface area contributed by atoms with Crippen molar-refractivity contribution in [3.63, 3.8) is 0 Å². The lowest BCUT2D eigenvalue weighted by Crippen LogP contribution is -1.78. The van der Waals surface area contributed by atoms with Crippen LogP contribution in [0.25, 0.3) is 5.01 Å². The lowest BCUT2D eigenvalue weighted by molar-refractivity contribution is 0.467. The molecule has 0 aliphatic rings. The molecule has 0 fully saturated rings. The van der Waals surface area contributed by atoms with Gasteiger partial charge in [0, 0.05) is 6.07 Å². The summed E-state index contributed by atoms with van der Waals surface area (Å²) in [5.41, 5.74) is 0. The van der Waals surface area contributed by atoms with E-state index in [0.29, 0.717) is 0 Å². The lowest BCUT2D eigenvalue weighted by Gasteiger charge is -1.88. The van der Waals surface area contributed by atoms with Gasteiger partial charge in [0.25, 0.3) is 0 Å². The van der Waals surface area contributed by atoms with Gasteiger partial charge < -0.3 is 0 Å². The molecule has 0 aliphatic carbocycles. The van der Waals surface area contributed by atoms with Crippen molar-refractivity contribution in [2.75, 3.05) is 0 Å². The van der Waals surface area contributed by atoms with E-state index < -0.39 is 5.82 Å². The maximum atomic E-state index is 12.3. The van der Waals surface area contributed by atoms with E-state index in [0.717, 1.165) is 6.07 Å². The average molecular weight is 137 g/mol. The van der Waals surface area contributed by atoms with Crippen molar-refractivity contribution in [2.24, 2.45) is 0 Å². The van der Waals surface area contributed by atoms with Gasteiger partial charge in [0.1, 0.15) is 5.82 Å². The topological polar surface area (TPSA) is 13.6 Å². The molecule has 10 heavy (non-hydrogen) atoms. The molecule has 0 saturated carbocycles. The van der Waals surface area contributed by atoms with E-state index in [1.807, 2.05) is 0 Å². The number of halogens is 1. The molecule has 3 heteroatoms. The van der Waals surface area contributed by atoms with Crippen molar-refractivity contribution in [3.05, 3.63) is 41.7 Å². The molecular weight excluding hydrogens is 133 g/mol. The fourth-order valence-corrected chi connectivity index (χ4v) is 0.576. The van der Waals surface area contributed by atoms with E-state index in [2.05, 4.69) is 9.85 Å². The van der Waals surface area contributed by atoms with Crippen LogP contribution in [0.3, 0.4) is 0 Å². The monoisotopic (exact) mass is 137 g/mol. The molecule has 0 N–H and O–H groups in total. The molecular formula is C7H4FNO. The van der Waals surface area contributed by atoms with Gasteiger partial charge in [0.15, 0.2) is 0 Å². The quantitative estimate of drug-likeness (QED) is 0.426. The minimum Gasteiger partial charge on any atom is -0.207 e. The van der Waals surface area contributed by atoms with Gasteiger partial charge in [-0.25, -0.2) is 4.39 Å². The second-order valence-corrected chi connectivity index (χ2v) is 1.64. The van der Waals surface area contributed by atoms with Crippen molar-refractivity contribution in [3.8, 4) is 5.75 Å². The predicted molar refractivity (Wildman–Crippen MR) is 33.6 cm³/mol. The normalized spacial score (nSPS) is 8.40. The summed E-state index contributed by atoms with van der Waals surface area (Å²) in [5, 5.41) is 2.63. The van der Waals surface area contributed by atoms with Crippen LogP contribution in [0.4, 0.5) is 4.39 Å². The number of nitrogens with zero attached hydrogens (tertiary/aromatic N) is 1. The molecule has 0 aliphatic heterocycles. The van der Waals surface area contributed by atoms with E-state index >= 15 is 0 Å². The van der Waals surface area contributed by atoms with Crippen LogP contribution in [0, 0.1) is 12.4 Å². The van der Waals surface area contributed by atoms with Gasteiger partial charge in [-0.2, -0.15) is 11.4 Å². The molecule has 0 radical (unpaired) electrons. The third-order valence-electron chi connectivity index (χ3n) is 0.947. The summed E-state index contributed by atoms with van der Waals surface area (Å²) in [5.74, 6) is -0.170. The van der Waals surface area contributed by atoms with Crippen LogP contribution in [-0.4, -0.2) is 0 Å². The van der Waals surface area contributed by atoms with Gasteiger partial charge in [-0.3, -0.25) is 0 Å². The molecule has 1 aromatic rings. The molecule has 2 nitrogen and oxygen atoms in total. The first kappa shape index (κ1) is 6.56. The first-order valence-corrected chi connectivity index (χ1v) is 2.62. The highest BCUT2D eigenvalue weighted by molar-refractivity contribution is 5.22. The van der Waals surface area contributed by atoms with Gasteiger partial charge in [-0.1, -0.05) is 6.07 Å². The fourth-order valence-electron chi connectivity index (χ4n) is 0.576. The van der Waals surface area contributed by atoms with Crippen LogP contribution in [-0.2, 0) is 0 Å². The minimum atomic E-state index is -0.402. The van der Waals surface area contributed by atoms with E-state index in [-0.39, 0.29) is 5.75 Å². The second-order valence-electron chi connectivity index (χ2n) is 1.64. The Hall–Kier alpha value is -1.56. The Labute approximate surface area is 57.6 Å². The van der Waals surface area contributed by atoms with Crippen molar-refractivity contribution < 1.29 is 9.23 Å². The number of hydrogen-bond donors (Lipinski definition) is 0. The molecule has 1 aromatic carbocycles. The van der Waals surface area contributed by atoms with Crippen molar-refractivity contribution in [1.29, 1.82) is 0 Å². The third-order valence-corrected chi connectivity index (χ3v) is 0.947. The average Bonchev–Trinajstić information content (AvgIpc) is 1.88. The van der Waals surface area contributed by atoms with Crippen molar-refractivity contribution in [1.82, 2.24) is 0 Å². The summed E-state index contributed by atoms with van der Waals surface area (Å²) in [6, 6.07) is 5.44. The number of rotatable bonds is 1. The Morgan fingerprint density at radius 1 is 1.50 bits per heavy atom. The van der Waals surface area contributed by atoms with Crippen LogP contribution >= 0.6 is 0 Å². The van der Waals surface area contributed by atoms with E-state index in [4.69, 9.17) is 6.57 Å². The molecule has 0 amide bonds. The summed E-state index contributed by atoms with van der Waals surface area (Å²) in [7, 11) is 0. The van der Waals surface area contributed by atoms with Gasteiger partial charge in [0.2, 0.25) is 5.75 Å². The van der Waals surface area contributed by atoms with Crippen LogP contribution in [0.1, 0.15) is 0 Å². The second kappa shape index (κ2) is 2.83. The molecule has 0 spiro atoms. The highest BCUT2D eigenvalue weighted by atomic mass is 19.1. The highest BCUT2D eigenvalue weighted by Crippen LogP contribution is 2.11. The van der Waals surface area contributed by atoms with E-state index in [1.54, 1.807) is 0 Å². The molecule has 0 heterocycles. The predicted octanol–water partition coefficient (Wildman–Crippen LogP) is 2.04. The molecule has 1 rings (SSSR count). The smallest absolute Gasteiger partial charge is 0.207 e. The molecule has 0 saturated heterocycles. The summed E-state index contributed by atoms with van der Waals surface area (Å²) in [6.45, 7) is 6.29. The summed E-state index contributed by atoms with van der Waals surface area (Å²) < 4.78 is 12.3. The number of hydrogen-bond acceptors (Lipinski definition) is 1. The molecule has 0 bridgehead atoms. The van der Waals surface area contributed by atoms with Crippen LogP contribution in [0.15, 0.2) is 24.3 Å². The molecule has 0 unspecified atom stereocenters. The summed E-state index contributed by atoms with van der Waals surface area (Å²) in [6.07, 6.45) is 0. The standard InChI is InChI=1S/C7H4FNO/c1-9-10-7-4-2-3-6(8)5-7/h2-5H. The largest absolute Gasteiger partial charge is 0.222 e. The maximum Gasteiger partial charge on any atom is 0.222 e. The Morgan fingerprint density at radius 2 is 2.30 bits per heavy atom. The lowest BCUT2D eigenvalue weighted by atomic mass is 10.3. The van der Waals surface area contributed by atoms with Gasteiger partial charge in [-0.15, -0.1) is 0 Å². The minimum absolute atomic E-state index is 0.231. The third kappa shape index (κ3) is 1.46. The SMILES string of the molecule is [C-]#[N+]Oc1cccc(F)c1. The van der Waals surface area contributed by atoms with Gasteiger partial charge in [-0.05, 0) is 17.1 Å². The Morgan fingerprint density at radius 3 is 2.90 bits per heavy atom. The van der Waals surface area contributed by atoms with Crippen LogP contribution < -0.4 is 4.84 Å². The van der Waals surface area contributed by atoms with E-state index in [9.17, 15) is 4.39 Å². The first-order valence-electron chi connectivity index (χ1n) is 2.62. The zero-order chi connectivity index (χ0) is 7.40. The fraction of sp³-hybridized carbons (Fsp3) is 0. The van der Waals surface area contributed by atoms with Crippen LogP contribution in [0.2, 0.25) is 0 Å². The first-order chi connectivity index (χ1) is 4.83. The van der Waals surface area contributed by atoms with Gasteiger partial charge >= 0.3 is 0 Å². The molecule has 0 atom stereocenters. The van der Waals surface area contributed by atoms with Crippen molar-refractivity contribution in [2.45, 2.75) is 0 Å². The maximum absolute atomic E-state index is 12.3.